The molecule has 2 aromatic carbocycles. The van der Waals surface area contributed by atoms with Crippen LogP contribution < -0.4 is 10.1 Å². The maximum absolute atomic E-state index is 12.4. The van der Waals surface area contributed by atoms with Gasteiger partial charge in [-0.2, -0.15) is 0 Å². The summed E-state index contributed by atoms with van der Waals surface area (Å²) in [5.41, 5.74) is 0.0184. The number of carboxylic acids is 1. The summed E-state index contributed by atoms with van der Waals surface area (Å²) in [7, 11) is 0. The summed E-state index contributed by atoms with van der Waals surface area (Å²) in [4.78, 5) is 23.6. The van der Waals surface area contributed by atoms with Crippen molar-refractivity contribution in [2.45, 2.75) is 6.92 Å². The van der Waals surface area contributed by atoms with Gasteiger partial charge in [-0.05, 0) is 43.3 Å². The van der Waals surface area contributed by atoms with Gasteiger partial charge in [0.05, 0.1) is 23.4 Å². The van der Waals surface area contributed by atoms with Crippen LogP contribution in [0.25, 0.3) is 0 Å². The average molecular weight is 336 g/mol. The second-order valence-electron chi connectivity index (χ2n) is 4.56. The molecule has 23 heavy (non-hydrogen) atoms. The molecule has 0 saturated carbocycles. The molecular formula is C16H14ClNO5. The van der Waals surface area contributed by atoms with E-state index in [1.807, 2.05) is 0 Å². The zero-order chi connectivity index (χ0) is 17.0. The lowest BCUT2D eigenvalue weighted by atomic mass is 10.1. The third-order valence-electron chi connectivity index (χ3n) is 2.97. The molecule has 6 nitrogen and oxygen atoms in total. The predicted octanol–water partition coefficient (Wildman–Crippen LogP) is 3.39. The van der Waals surface area contributed by atoms with Gasteiger partial charge in [0.1, 0.15) is 11.5 Å². The number of nitrogens with one attached hydrogen (secondary N) is 1. The van der Waals surface area contributed by atoms with E-state index in [4.69, 9.17) is 21.4 Å². The summed E-state index contributed by atoms with van der Waals surface area (Å²) >= 11 is 5.90. The first-order valence-corrected chi connectivity index (χ1v) is 7.10. The molecule has 0 aromatic heterocycles. The lowest BCUT2D eigenvalue weighted by molar-refractivity contribution is 0.0697. The van der Waals surface area contributed by atoms with Gasteiger partial charge in [0.2, 0.25) is 0 Å². The lowest BCUT2D eigenvalue weighted by Crippen LogP contribution is -2.16. The van der Waals surface area contributed by atoms with Gasteiger partial charge in [-0.1, -0.05) is 11.6 Å². The number of carboxylic acid groups (broad SMARTS) is 1. The van der Waals surface area contributed by atoms with Crippen LogP contribution in [0.4, 0.5) is 5.69 Å². The first-order chi connectivity index (χ1) is 10.9. The fourth-order valence-corrected chi connectivity index (χ4v) is 2.14. The number of amides is 1. The lowest BCUT2D eigenvalue weighted by Gasteiger charge is -2.12. The maximum atomic E-state index is 12.4. The minimum absolute atomic E-state index is 0.0581. The zero-order valence-corrected chi connectivity index (χ0v) is 12.9. The van der Waals surface area contributed by atoms with Crippen molar-refractivity contribution in [3.8, 4) is 11.5 Å². The molecule has 0 saturated heterocycles. The van der Waals surface area contributed by atoms with Gasteiger partial charge in [-0.25, -0.2) is 4.79 Å². The highest BCUT2D eigenvalue weighted by atomic mass is 35.5. The Labute approximate surface area is 137 Å². The standard InChI is InChI=1S/C16H14ClNO5/c1-2-23-14-6-3-9(17)7-12(14)15(20)18-13-5-4-10(19)8-11(13)16(21)22/h3-8,19H,2H2,1H3,(H,18,20)(H,21,22). The predicted molar refractivity (Wildman–Crippen MR) is 85.6 cm³/mol. The number of benzene rings is 2. The van der Waals surface area contributed by atoms with Crippen LogP contribution in [0, 0.1) is 0 Å². The summed E-state index contributed by atoms with van der Waals surface area (Å²) in [5, 5.41) is 21.4. The Morgan fingerprint density at radius 1 is 1.17 bits per heavy atom. The topological polar surface area (TPSA) is 95.9 Å². The van der Waals surface area contributed by atoms with Gasteiger partial charge in [0, 0.05) is 5.02 Å². The molecule has 0 aliphatic heterocycles. The molecule has 2 aromatic rings. The summed E-state index contributed by atoms with van der Waals surface area (Å²) < 4.78 is 5.37. The molecule has 0 spiro atoms. The Morgan fingerprint density at radius 3 is 2.57 bits per heavy atom. The summed E-state index contributed by atoms with van der Waals surface area (Å²) in [5.74, 6) is -1.71. The Morgan fingerprint density at radius 2 is 1.91 bits per heavy atom. The van der Waals surface area contributed by atoms with Crippen molar-refractivity contribution < 1.29 is 24.5 Å². The van der Waals surface area contributed by atoms with E-state index in [-0.39, 0.29) is 22.6 Å². The number of ether oxygens (including phenoxy) is 1. The van der Waals surface area contributed by atoms with E-state index in [0.717, 1.165) is 6.07 Å². The van der Waals surface area contributed by atoms with Crippen LogP contribution in [0.3, 0.4) is 0 Å². The van der Waals surface area contributed by atoms with Crippen molar-refractivity contribution >= 4 is 29.2 Å². The average Bonchev–Trinajstić information content (AvgIpc) is 2.50. The number of aromatic hydroxyl groups is 1. The number of hydrogen-bond acceptors (Lipinski definition) is 4. The third kappa shape index (κ3) is 3.92. The fourth-order valence-electron chi connectivity index (χ4n) is 1.97. The van der Waals surface area contributed by atoms with Crippen molar-refractivity contribution in [2.24, 2.45) is 0 Å². The van der Waals surface area contributed by atoms with Crippen LogP contribution in [0.2, 0.25) is 5.02 Å². The van der Waals surface area contributed by atoms with E-state index in [9.17, 15) is 14.7 Å². The smallest absolute Gasteiger partial charge is 0.337 e. The van der Waals surface area contributed by atoms with Crippen molar-refractivity contribution in [2.75, 3.05) is 11.9 Å². The number of carbonyl (C=O) groups is 2. The first-order valence-electron chi connectivity index (χ1n) is 6.72. The number of phenols is 1. The molecule has 0 unspecified atom stereocenters. The fraction of sp³-hybridized carbons (Fsp3) is 0.125. The van der Waals surface area contributed by atoms with Crippen molar-refractivity contribution in [3.05, 3.63) is 52.5 Å². The van der Waals surface area contributed by atoms with E-state index in [1.165, 1.54) is 18.2 Å². The molecule has 1 amide bonds. The molecule has 2 rings (SSSR count). The molecule has 0 aliphatic rings. The molecule has 120 valence electrons. The van der Waals surface area contributed by atoms with E-state index < -0.39 is 11.9 Å². The van der Waals surface area contributed by atoms with E-state index in [1.54, 1.807) is 19.1 Å². The Hall–Kier alpha value is -2.73. The van der Waals surface area contributed by atoms with Crippen molar-refractivity contribution in [1.82, 2.24) is 0 Å². The van der Waals surface area contributed by atoms with Gasteiger partial charge < -0.3 is 20.3 Å². The van der Waals surface area contributed by atoms with Crippen LogP contribution in [0.15, 0.2) is 36.4 Å². The molecule has 0 aliphatic carbocycles. The first kappa shape index (κ1) is 16.6. The summed E-state index contributed by atoms with van der Waals surface area (Å²) in [6.07, 6.45) is 0. The number of rotatable bonds is 5. The minimum Gasteiger partial charge on any atom is -0.508 e. The van der Waals surface area contributed by atoms with E-state index in [2.05, 4.69) is 5.32 Å². The van der Waals surface area contributed by atoms with Crippen LogP contribution in [0.5, 0.6) is 11.5 Å². The maximum Gasteiger partial charge on any atom is 0.337 e. The van der Waals surface area contributed by atoms with Gasteiger partial charge in [-0.15, -0.1) is 0 Å². The highest BCUT2D eigenvalue weighted by molar-refractivity contribution is 6.31. The van der Waals surface area contributed by atoms with Gasteiger partial charge in [0.25, 0.3) is 5.91 Å². The van der Waals surface area contributed by atoms with Gasteiger partial charge in [-0.3, -0.25) is 4.79 Å². The van der Waals surface area contributed by atoms with Crippen LogP contribution in [0.1, 0.15) is 27.6 Å². The van der Waals surface area contributed by atoms with E-state index in [0.29, 0.717) is 17.4 Å². The normalized spacial score (nSPS) is 10.2. The number of phenolic OH excluding ortho intramolecular Hbond substituents is 1. The minimum atomic E-state index is -1.27. The number of carbonyl (C=O) groups excluding carboxylic acids is 1. The number of anilines is 1. The Balaban J connectivity index is 2.37. The highest BCUT2D eigenvalue weighted by Gasteiger charge is 2.17. The molecule has 0 atom stereocenters. The second kappa shape index (κ2) is 7.02. The molecule has 0 heterocycles. The Kier molecular flexibility index (Phi) is 5.08. The Bertz CT molecular complexity index is 760. The quantitative estimate of drug-likeness (QED) is 0.728. The molecule has 7 heteroatoms. The number of hydrogen-bond donors (Lipinski definition) is 3. The molecule has 0 radical (unpaired) electrons. The second-order valence-corrected chi connectivity index (χ2v) is 5.00. The largest absolute Gasteiger partial charge is 0.508 e. The van der Waals surface area contributed by atoms with Crippen LogP contribution in [-0.2, 0) is 0 Å². The number of halogens is 1. The van der Waals surface area contributed by atoms with Gasteiger partial charge >= 0.3 is 5.97 Å². The van der Waals surface area contributed by atoms with Crippen LogP contribution >= 0.6 is 11.6 Å². The molecule has 0 bridgehead atoms. The molecule has 3 N–H and O–H groups in total. The van der Waals surface area contributed by atoms with Crippen molar-refractivity contribution in [1.29, 1.82) is 0 Å². The molecular weight excluding hydrogens is 322 g/mol. The van der Waals surface area contributed by atoms with Gasteiger partial charge in [0.15, 0.2) is 0 Å². The SMILES string of the molecule is CCOc1ccc(Cl)cc1C(=O)Nc1ccc(O)cc1C(=O)O. The van der Waals surface area contributed by atoms with Crippen LogP contribution in [-0.4, -0.2) is 28.7 Å². The zero-order valence-electron chi connectivity index (χ0n) is 12.2. The summed E-state index contributed by atoms with van der Waals surface area (Å²) in [6.45, 7) is 2.14. The number of aromatic carboxylic acids is 1. The van der Waals surface area contributed by atoms with Crippen molar-refractivity contribution in [3.63, 3.8) is 0 Å². The van der Waals surface area contributed by atoms with E-state index >= 15 is 0 Å². The monoisotopic (exact) mass is 335 g/mol. The summed E-state index contributed by atoms with van der Waals surface area (Å²) in [6, 6.07) is 8.23. The third-order valence-corrected chi connectivity index (χ3v) is 3.20. The molecule has 0 fully saturated rings. The highest BCUT2D eigenvalue weighted by Crippen LogP contribution is 2.26.